The first-order valence-corrected chi connectivity index (χ1v) is 5.80. The van der Waals surface area contributed by atoms with Gasteiger partial charge in [0.05, 0.1) is 11.4 Å². The second kappa shape index (κ2) is 5.55. The van der Waals surface area contributed by atoms with Gasteiger partial charge in [0.15, 0.2) is 0 Å². The number of aliphatic hydroxyl groups is 1. The lowest BCUT2D eigenvalue weighted by atomic mass is 10.2. The summed E-state index contributed by atoms with van der Waals surface area (Å²) in [5.74, 6) is 0. The number of aliphatic hydroxyl groups excluding tert-OH is 1. The van der Waals surface area contributed by atoms with Gasteiger partial charge in [-0.1, -0.05) is 12.1 Å². The van der Waals surface area contributed by atoms with Gasteiger partial charge in [-0.2, -0.15) is 0 Å². The van der Waals surface area contributed by atoms with Crippen molar-refractivity contribution in [1.82, 2.24) is 9.97 Å². The van der Waals surface area contributed by atoms with Gasteiger partial charge in [0, 0.05) is 18.0 Å². The Labute approximate surface area is 101 Å². The van der Waals surface area contributed by atoms with E-state index in [1.807, 2.05) is 43.3 Å². The maximum absolute atomic E-state index is 8.81. The van der Waals surface area contributed by atoms with Crippen LogP contribution in [-0.4, -0.2) is 21.7 Å². The molecule has 0 atom stereocenters. The van der Waals surface area contributed by atoms with Crippen LogP contribution in [0.2, 0.25) is 0 Å². The highest BCUT2D eigenvalue weighted by molar-refractivity contribution is 5.54. The molecule has 0 fully saturated rings. The average Bonchev–Trinajstić information content (AvgIpc) is 2.37. The number of hydrogen-bond donors (Lipinski definition) is 1. The molecule has 0 unspecified atom stereocenters. The lowest BCUT2D eigenvalue weighted by Crippen LogP contribution is -1.96. The third-order valence-electron chi connectivity index (χ3n) is 2.55. The SMILES string of the molecule is Cc1cccc(-c2cccc(CCCO)n2)n1. The molecule has 0 aliphatic rings. The maximum atomic E-state index is 8.81. The highest BCUT2D eigenvalue weighted by Gasteiger charge is 2.02. The van der Waals surface area contributed by atoms with Crippen molar-refractivity contribution in [2.24, 2.45) is 0 Å². The Morgan fingerprint density at radius 1 is 1.00 bits per heavy atom. The summed E-state index contributed by atoms with van der Waals surface area (Å²) in [6, 6.07) is 11.8. The largest absolute Gasteiger partial charge is 0.396 e. The minimum Gasteiger partial charge on any atom is -0.396 e. The van der Waals surface area contributed by atoms with Gasteiger partial charge in [-0.15, -0.1) is 0 Å². The molecule has 1 N–H and O–H groups in total. The van der Waals surface area contributed by atoms with Crippen molar-refractivity contribution < 1.29 is 5.11 Å². The van der Waals surface area contributed by atoms with Crippen LogP contribution in [0.5, 0.6) is 0 Å². The third-order valence-corrected chi connectivity index (χ3v) is 2.55. The van der Waals surface area contributed by atoms with Crippen molar-refractivity contribution in [3.05, 3.63) is 47.8 Å². The van der Waals surface area contributed by atoms with Crippen molar-refractivity contribution in [1.29, 1.82) is 0 Å². The van der Waals surface area contributed by atoms with Gasteiger partial charge in [0.1, 0.15) is 0 Å². The van der Waals surface area contributed by atoms with Gasteiger partial charge >= 0.3 is 0 Å². The van der Waals surface area contributed by atoms with Crippen LogP contribution < -0.4 is 0 Å². The Balaban J connectivity index is 2.26. The Bertz CT molecular complexity index is 497. The predicted octanol–water partition coefficient (Wildman–Crippen LogP) is 2.38. The molecule has 2 aromatic heterocycles. The van der Waals surface area contributed by atoms with E-state index in [1.54, 1.807) is 0 Å². The fraction of sp³-hybridized carbons (Fsp3) is 0.286. The molecule has 0 aliphatic heterocycles. The summed E-state index contributed by atoms with van der Waals surface area (Å²) in [6.07, 6.45) is 1.55. The summed E-state index contributed by atoms with van der Waals surface area (Å²) in [4.78, 5) is 9.00. The first-order valence-electron chi connectivity index (χ1n) is 5.80. The second-order valence-corrected chi connectivity index (χ2v) is 4.01. The zero-order valence-electron chi connectivity index (χ0n) is 9.93. The molecular weight excluding hydrogens is 212 g/mol. The molecule has 0 radical (unpaired) electrons. The monoisotopic (exact) mass is 228 g/mol. The van der Waals surface area contributed by atoms with Gasteiger partial charge in [-0.25, -0.2) is 0 Å². The summed E-state index contributed by atoms with van der Waals surface area (Å²) in [6.45, 7) is 2.17. The van der Waals surface area contributed by atoms with Crippen molar-refractivity contribution in [2.75, 3.05) is 6.61 Å². The smallest absolute Gasteiger partial charge is 0.0889 e. The standard InChI is InChI=1S/C14H16N2O/c1-11-5-2-8-13(15-11)14-9-3-6-12(16-14)7-4-10-17/h2-3,5-6,8-9,17H,4,7,10H2,1H3. The van der Waals surface area contributed by atoms with E-state index in [0.29, 0.717) is 0 Å². The Hall–Kier alpha value is -1.74. The minimum atomic E-state index is 0.203. The van der Waals surface area contributed by atoms with Gasteiger partial charge in [0.2, 0.25) is 0 Å². The number of aromatic nitrogens is 2. The van der Waals surface area contributed by atoms with Gasteiger partial charge < -0.3 is 5.11 Å². The summed E-state index contributed by atoms with van der Waals surface area (Å²) in [7, 11) is 0. The molecule has 0 amide bonds. The topological polar surface area (TPSA) is 46.0 Å². The maximum Gasteiger partial charge on any atom is 0.0889 e. The van der Waals surface area contributed by atoms with Crippen molar-refractivity contribution in [2.45, 2.75) is 19.8 Å². The Kier molecular flexibility index (Phi) is 3.83. The summed E-state index contributed by atoms with van der Waals surface area (Å²) in [5.41, 5.74) is 3.78. The molecule has 2 aromatic rings. The van der Waals surface area contributed by atoms with Gasteiger partial charge in [-0.05, 0) is 44.0 Å². The Morgan fingerprint density at radius 3 is 2.41 bits per heavy atom. The Morgan fingerprint density at radius 2 is 1.71 bits per heavy atom. The quantitative estimate of drug-likeness (QED) is 0.873. The molecule has 0 aliphatic carbocycles. The van der Waals surface area contributed by atoms with E-state index in [0.717, 1.165) is 35.6 Å². The summed E-state index contributed by atoms with van der Waals surface area (Å²) >= 11 is 0. The zero-order valence-corrected chi connectivity index (χ0v) is 9.93. The summed E-state index contributed by atoms with van der Waals surface area (Å²) in [5, 5.41) is 8.81. The van der Waals surface area contributed by atoms with Crippen LogP contribution in [-0.2, 0) is 6.42 Å². The normalized spacial score (nSPS) is 10.5. The van der Waals surface area contributed by atoms with Crippen LogP contribution in [0.4, 0.5) is 0 Å². The fourth-order valence-corrected chi connectivity index (χ4v) is 1.71. The van der Waals surface area contributed by atoms with Crippen LogP contribution in [0.1, 0.15) is 17.8 Å². The summed E-state index contributed by atoms with van der Waals surface area (Å²) < 4.78 is 0. The van der Waals surface area contributed by atoms with E-state index in [1.165, 1.54) is 0 Å². The van der Waals surface area contributed by atoms with Gasteiger partial charge in [-0.3, -0.25) is 9.97 Å². The zero-order chi connectivity index (χ0) is 12.1. The highest BCUT2D eigenvalue weighted by Crippen LogP contribution is 2.15. The molecule has 0 saturated heterocycles. The molecule has 88 valence electrons. The molecule has 2 heterocycles. The lowest BCUT2D eigenvalue weighted by molar-refractivity contribution is 0.288. The van der Waals surface area contributed by atoms with Crippen LogP contribution in [0, 0.1) is 6.92 Å². The van der Waals surface area contributed by atoms with E-state index < -0.39 is 0 Å². The number of rotatable bonds is 4. The van der Waals surface area contributed by atoms with Crippen LogP contribution in [0.3, 0.4) is 0 Å². The van der Waals surface area contributed by atoms with Crippen LogP contribution >= 0.6 is 0 Å². The molecule has 0 saturated carbocycles. The van der Waals surface area contributed by atoms with E-state index in [4.69, 9.17) is 5.11 Å². The first kappa shape index (κ1) is 11.7. The second-order valence-electron chi connectivity index (χ2n) is 4.01. The molecule has 0 spiro atoms. The van der Waals surface area contributed by atoms with E-state index in [9.17, 15) is 0 Å². The fourth-order valence-electron chi connectivity index (χ4n) is 1.71. The molecule has 0 bridgehead atoms. The number of hydrogen-bond acceptors (Lipinski definition) is 3. The third kappa shape index (κ3) is 3.11. The van der Waals surface area contributed by atoms with E-state index in [-0.39, 0.29) is 6.61 Å². The molecule has 0 aromatic carbocycles. The molecule has 17 heavy (non-hydrogen) atoms. The lowest BCUT2D eigenvalue weighted by Gasteiger charge is -2.04. The molecule has 3 nitrogen and oxygen atoms in total. The number of nitrogens with zero attached hydrogens (tertiary/aromatic N) is 2. The molecule has 3 heteroatoms. The molecule has 2 rings (SSSR count). The van der Waals surface area contributed by atoms with Crippen LogP contribution in [0.25, 0.3) is 11.4 Å². The predicted molar refractivity (Wildman–Crippen MR) is 67.6 cm³/mol. The van der Waals surface area contributed by atoms with Crippen molar-refractivity contribution in [3.63, 3.8) is 0 Å². The van der Waals surface area contributed by atoms with E-state index >= 15 is 0 Å². The number of aryl methyl sites for hydroxylation is 2. The van der Waals surface area contributed by atoms with E-state index in [2.05, 4.69) is 9.97 Å². The van der Waals surface area contributed by atoms with Crippen molar-refractivity contribution >= 4 is 0 Å². The minimum absolute atomic E-state index is 0.203. The van der Waals surface area contributed by atoms with Gasteiger partial charge in [0.25, 0.3) is 0 Å². The van der Waals surface area contributed by atoms with Crippen LogP contribution in [0.15, 0.2) is 36.4 Å². The molecular formula is C14H16N2O. The average molecular weight is 228 g/mol. The van der Waals surface area contributed by atoms with Crippen molar-refractivity contribution in [3.8, 4) is 11.4 Å². The number of pyridine rings is 2. The first-order chi connectivity index (χ1) is 8.29. The highest BCUT2D eigenvalue weighted by atomic mass is 16.2.